The van der Waals surface area contributed by atoms with Crippen molar-refractivity contribution in [1.29, 1.82) is 0 Å². The summed E-state index contributed by atoms with van der Waals surface area (Å²) in [6.45, 7) is 4.83. The van der Waals surface area contributed by atoms with E-state index in [1.165, 1.54) is 26.4 Å². The smallest absolute Gasteiger partial charge is 0.305 e. The summed E-state index contributed by atoms with van der Waals surface area (Å²) in [7, 11) is 3.41. The summed E-state index contributed by atoms with van der Waals surface area (Å²) >= 11 is 0. The first kappa shape index (κ1) is 26.2. The van der Waals surface area contributed by atoms with Gasteiger partial charge in [0.1, 0.15) is 0 Å². The predicted octanol–water partition coefficient (Wildman–Crippen LogP) is 5.01. The van der Waals surface area contributed by atoms with Crippen LogP contribution < -0.4 is 5.32 Å². The number of unbranched alkanes of at least 4 members (excludes halogenated alkanes) is 4. The summed E-state index contributed by atoms with van der Waals surface area (Å²) in [5, 5.41) is 3.45. The molecule has 0 bridgehead atoms. The Morgan fingerprint density at radius 3 is 2.46 bits per heavy atom. The molecular weight excluding hydrogens is 440 g/mol. The molecule has 35 heavy (non-hydrogen) atoms. The van der Waals surface area contributed by atoms with E-state index in [-0.39, 0.29) is 34.7 Å². The number of rotatable bonds is 9. The van der Waals surface area contributed by atoms with Gasteiger partial charge in [-0.3, -0.25) is 14.4 Å². The summed E-state index contributed by atoms with van der Waals surface area (Å²) in [5.74, 6) is 2.20. The Morgan fingerprint density at radius 2 is 1.71 bits per heavy atom. The molecule has 4 aliphatic rings. The van der Waals surface area contributed by atoms with E-state index in [1.54, 1.807) is 0 Å². The number of hydrogen-bond acceptors (Lipinski definition) is 4. The summed E-state index contributed by atoms with van der Waals surface area (Å²) in [5.41, 5.74) is 0.263. The average molecular weight is 487 g/mol. The highest BCUT2D eigenvalue weighted by atomic mass is 16.5. The van der Waals surface area contributed by atoms with Gasteiger partial charge in [-0.1, -0.05) is 39.2 Å². The van der Waals surface area contributed by atoms with Crippen LogP contribution in [-0.2, 0) is 19.1 Å². The number of nitrogens with zero attached hydrogens (tertiary/aromatic N) is 1. The molecule has 0 saturated heterocycles. The number of esters is 1. The Bertz CT molecular complexity index is 841. The van der Waals surface area contributed by atoms with E-state index in [0.717, 1.165) is 51.4 Å². The van der Waals surface area contributed by atoms with E-state index in [4.69, 9.17) is 0 Å². The molecule has 3 fully saturated rings. The summed E-state index contributed by atoms with van der Waals surface area (Å²) < 4.78 is 4.68. The van der Waals surface area contributed by atoms with Crippen LogP contribution in [0.3, 0.4) is 0 Å². The highest BCUT2D eigenvalue weighted by Crippen LogP contribution is 2.63. The first-order valence-electron chi connectivity index (χ1n) is 14.0. The molecule has 2 amide bonds. The molecule has 1 N–H and O–H groups in total. The number of methoxy groups -OCH3 is 1. The van der Waals surface area contributed by atoms with Gasteiger partial charge in [0, 0.05) is 37.4 Å². The Hall–Kier alpha value is -1.85. The van der Waals surface area contributed by atoms with E-state index in [9.17, 15) is 14.4 Å². The van der Waals surface area contributed by atoms with Crippen LogP contribution in [0.1, 0.15) is 97.3 Å². The van der Waals surface area contributed by atoms with Crippen molar-refractivity contribution >= 4 is 17.8 Å². The molecule has 0 aromatic rings. The minimum absolute atomic E-state index is 0.0745. The molecule has 0 aromatic carbocycles. The summed E-state index contributed by atoms with van der Waals surface area (Å²) in [6, 6.07) is 0.612. The van der Waals surface area contributed by atoms with Gasteiger partial charge in [0.05, 0.1) is 7.11 Å². The number of fused-ring (bicyclic) bond motifs is 5. The van der Waals surface area contributed by atoms with Gasteiger partial charge in [-0.05, 0) is 80.6 Å². The van der Waals surface area contributed by atoms with Crippen molar-refractivity contribution in [3.8, 4) is 0 Å². The topological polar surface area (TPSA) is 75.7 Å². The number of carbonyl (C=O) groups is 3. The molecule has 4 rings (SSSR count). The third-order valence-corrected chi connectivity index (χ3v) is 10.5. The molecule has 6 heteroatoms. The Morgan fingerprint density at radius 1 is 1.00 bits per heavy atom. The van der Waals surface area contributed by atoms with Crippen molar-refractivity contribution < 1.29 is 19.1 Å². The second kappa shape index (κ2) is 10.6. The maximum absolute atomic E-state index is 12.8. The van der Waals surface area contributed by atoms with Crippen LogP contribution in [-0.4, -0.2) is 48.9 Å². The van der Waals surface area contributed by atoms with Gasteiger partial charge in [0.15, 0.2) is 0 Å². The molecule has 0 radical (unpaired) electrons. The van der Waals surface area contributed by atoms with Crippen molar-refractivity contribution in [2.24, 2.45) is 28.6 Å². The predicted molar refractivity (Wildman–Crippen MR) is 136 cm³/mol. The molecule has 196 valence electrons. The highest BCUT2D eigenvalue weighted by Gasteiger charge is 2.60. The molecule has 0 aromatic heterocycles. The molecular formula is C29H46N2O4. The van der Waals surface area contributed by atoms with Gasteiger partial charge in [-0.15, -0.1) is 0 Å². The second-order valence-corrected chi connectivity index (χ2v) is 12.2. The number of likely N-dealkylation sites (N-methyl/N-ethyl adjacent to an activating group) is 1. The molecule has 3 aliphatic carbocycles. The maximum Gasteiger partial charge on any atom is 0.305 e. The SMILES string of the molecule is COC(=O)CCCCCCCC(=O)N[C@H]1CC[C@H]2[C@@H]3CC[C@H]4N(C)C(=O)C=C[C@]4(C)[C@H]3CC[C@]12C. The van der Waals surface area contributed by atoms with Gasteiger partial charge >= 0.3 is 5.97 Å². The highest BCUT2D eigenvalue weighted by molar-refractivity contribution is 5.89. The van der Waals surface area contributed by atoms with Crippen LogP contribution in [0.4, 0.5) is 0 Å². The first-order valence-corrected chi connectivity index (χ1v) is 14.0. The van der Waals surface area contributed by atoms with Crippen molar-refractivity contribution in [2.75, 3.05) is 14.2 Å². The fourth-order valence-corrected chi connectivity index (χ4v) is 8.43. The van der Waals surface area contributed by atoms with Gasteiger partial charge in [0.25, 0.3) is 0 Å². The number of ether oxygens (including phenoxy) is 1. The lowest BCUT2D eigenvalue weighted by Gasteiger charge is -2.60. The number of hydrogen-bond donors (Lipinski definition) is 1. The second-order valence-electron chi connectivity index (χ2n) is 12.2. The third-order valence-electron chi connectivity index (χ3n) is 10.5. The minimum Gasteiger partial charge on any atom is -0.469 e. The van der Waals surface area contributed by atoms with Gasteiger partial charge in [-0.25, -0.2) is 0 Å². The molecule has 7 atom stereocenters. The van der Waals surface area contributed by atoms with Crippen molar-refractivity contribution in [3.63, 3.8) is 0 Å². The number of amides is 2. The lowest BCUT2D eigenvalue weighted by atomic mass is 9.48. The first-order chi connectivity index (χ1) is 16.7. The lowest BCUT2D eigenvalue weighted by molar-refractivity contribution is -0.141. The fraction of sp³-hybridized carbons (Fsp3) is 0.828. The Kier molecular flexibility index (Phi) is 7.97. The van der Waals surface area contributed by atoms with Crippen molar-refractivity contribution in [1.82, 2.24) is 10.2 Å². The van der Waals surface area contributed by atoms with E-state index in [2.05, 4.69) is 30.0 Å². The Labute approximate surface area is 211 Å². The van der Waals surface area contributed by atoms with Crippen LogP contribution in [0, 0.1) is 28.6 Å². The third kappa shape index (κ3) is 5.04. The van der Waals surface area contributed by atoms with Gasteiger partial charge in [-0.2, -0.15) is 0 Å². The zero-order valence-corrected chi connectivity index (χ0v) is 22.3. The molecule has 0 spiro atoms. The monoisotopic (exact) mass is 486 g/mol. The van der Waals surface area contributed by atoms with E-state index < -0.39 is 0 Å². The Balaban J connectivity index is 1.27. The number of carbonyl (C=O) groups excluding carboxylic acids is 3. The van der Waals surface area contributed by atoms with Crippen LogP contribution in [0.2, 0.25) is 0 Å². The van der Waals surface area contributed by atoms with Gasteiger partial charge < -0.3 is 15.0 Å². The van der Waals surface area contributed by atoms with Crippen molar-refractivity contribution in [2.45, 2.75) is 109 Å². The maximum atomic E-state index is 12.8. The van der Waals surface area contributed by atoms with Crippen LogP contribution in [0.25, 0.3) is 0 Å². The number of nitrogens with one attached hydrogen (secondary N) is 1. The van der Waals surface area contributed by atoms with Crippen LogP contribution >= 0.6 is 0 Å². The largest absolute Gasteiger partial charge is 0.469 e. The molecule has 6 nitrogen and oxygen atoms in total. The molecule has 3 saturated carbocycles. The van der Waals surface area contributed by atoms with E-state index >= 15 is 0 Å². The van der Waals surface area contributed by atoms with E-state index in [1.807, 2.05) is 18.0 Å². The lowest BCUT2D eigenvalue weighted by Crippen LogP contribution is -2.60. The van der Waals surface area contributed by atoms with E-state index in [0.29, 0.717) is 36.6 Å². The normalized spacial score (nSPS) is 37.9. The van der Waals surface area contributed by atoms with Crippen LogP contribution in [0.5, 0.6) is 0 Å². The zero-order chi connectivity index (χ0) is 25.2. The van der Waals surface area contributed by atoms with Crippen LogP contribution in [0.15, 0.2) is 12.2 Å². The quantitative estimate of drug-likeness (QED) is 0.367. The molecule has 0 unspecified atom stereocenters. The summed E-state index contributed by atoms with van der Waals surface area (Å²) in [6.07, 6.45) is 17.0. The van der Waals surface area contributed by atoms with Gasteiger partial charge in [0.2, 0.25) is 11.8 Å². The molecule has 1 aliphatic heterocycles. The van der Waals surface area contributed by atoms with Crippen molar-refractivity contribution in [3.05, 3.63) is 12.2 Å². The molecule has 1 heterocycles. The fourth-order valence-electron chi connectivity index (χ4n) is 8.43. The standard InChI is InChI=1S/C29H46N2O4/c1-28-18-16-22-20(12-15-24-29(22,2)19-17-26(33)31(24)3)21(28)13-14-23(28)30-25(32)10-8-6-5-7-9-11-27(34)35-4/h17,19-24H,5-16,18H2,1-4H3,(H,30,32)/t20-,21-,22-,23-,24+,28-,29+/m0/s1. The average Bonchev–Trinajstić information content (AvgIpc) is 3.17. The minimum atomic E-state index is -0.137. The summed E-state index contributed by atoms with van der Waals surface area (Å²) in [4.78, 5) is 38.2. The zero-order valence-electron chi connectivity index (χ0n) is 22.3.